The van der Waals surface area contributed by atoms with E-state index in [2.05, 4.69) is 43.1 Å². The van der Waals surface area contributed by atoms with Gasteiger partial charge in [0.25, 0.3) is 0 Å². The molecule has 2 rings (SSSR count). The van der Waals surface area contributed by atoms with Gasteiger partial charge in [0.2, 0.25) is 0 Å². The molecule has 20 heavy (non-hydrogen) atoms. The third-order valence-electron chi connectivity index (χ3n) is 5.22. The highest BCUT2D eigenvalue weighted by molar-refractivity contribution is 4.97. The van der Waals surface area contributed by atoms with E-state index in [1.165, 1.54) is 58.0 Å². The van der Waals surface area contributed by atoms with E-state index < -0.39 is 0 Å². The Bertz CT molecular complexity index is 265. The summed E-state index contributed by atoms with van der Waals surface area (Å²) in [5.74, 6) is 0. The fraction of sp³-hybridized carbons (Fsp3) is 1.00. The van der Waals surface area contributed by atoms with Crippen LogP contribution in [0.2, 0.25) is 0 Å². The Morgan fingerprint density at radius 1 is 1.20 bits per heavy atom. The summed E-state index contributed by atoms with van der Waals surface area (Å²) < 4.78 is 0. The van der Waals surface area contributed by atoms with Gasteiger partial charge in [-0.2, -0.15) is 0 Å². The van der Waals surface area contributed by atoms with E-state index >= 15 is 0 Å². The van der Waals surface area contributed by atoms with Crippen LogP contribution in [0, 0.1) is 0 Å². The molecule has 0 aromatic carbocycles. The maximum Gasteiger partial charge on any atom is 0.0116 e. The summed E-state index contributed by atoms with van der Waals surface area (Å²) in [5, 5.41) is 3.77. The summed E-state index contributed by atoms with van der Waals surface area (Å²) in [5.41, 5.74) is 0. The van der Waals surface area contributed by atoms with Gasteiger partial charge in [0.1, 0.15) is 0 Å². The number of nitrogens with zero attached hydrogens (tertiary/aromatic N) is 2. The summed E-state index contributed by atoms with van der Waals surface area (Å²) in [6, 6.07) is 3.21. The van der Waals surface area contributed by atoms with Gasteiger partial charge in [0.05, 0.1) is 0 Å². The lowest BCUT2D eigenvalue weighted by Crippen LogP contribution is -2.59. The van der Waals surface area contributed by atoms with Crippen LogP contribution < -0.4 is 5.32 Å². The molecule has 2 aliphatic heterocycles. The first-order chi connectivity index (χ1) is 9.61. The highest BCUT2D eigenvalue weighted by atomic mass is 15.2. The predicted molar refractivity (Wildman–Crippen MR) is 87.2 cm³/mol. The maximum atomic E-state index is 3.77. The van der Waals surface area contributed by atoms with E-state index in [9.17, 15) is 0 Å². The van der Waals surface area contributed by atoms with Gasteiger partial charge in [-0.15, -0.1) is 0 Å². The summed E-state index contributed by atoms with van der Waals surface area (Å²) in [7, 11) is 4.38. The van der Waals surface area contributed by atoms with Crippen LogP contribution in [0.15, 0.2) is 0 Å². The molecule has 2 bridgehead atoms. The number of piperidine rings is 2. The minimum Gasteiger partial charge on any atom is -0.314 e. The van der Waals surface area contributed by atoms with E-state index in [-0.39, 0.29) is 0 Å². The molecule has 3 unspecified atom stereocenters. The maximum absolute atomic E-state index is 3.77. The molecule has 3 atom stereocenters. The zero-order valence-electron chi connectivity index (χ0n) is 14.1. The first kappa shape index (κ1) is 16.3. The van der Waals surface area contributed by atoms with Crippen molar-refractivity contribution in [1.82, 2.24) is 15.1 Å². The van der Waals surface area contributed by atoms with Crippen LogP contribution in [0.4, 0.5) is 0 Å². The minimum atomic E-state index is 0.750. The van der Waals surface area contributed by atoms with Crippen molar-refractivity contribution in [3.05, 3.63) is 0 Å². The average molecular weight is 281 g/mol. The van der Waals surface area contributed by atoms with E-state index in [0.717, 1.165) is 24.2 Å². The topological polar surface area (TPSA) is 18.5 Å². The highest BCUT2D eigenvalue weighted by Gasteiger charge is 2.39. The van der Waals surface area contributed by atoms with Crippen LogP contribution in [-0.2, 0) is 0 Å². The Hall–Kier alpha value is -0.120. The smallest absolute Gasteiger partial charge is 0.0116 e. The lowest BCUT2D eigenvalue weighted by Gasteiger charge is -2.52. The molecule has 0 spiro atoms. The van der Waals surface area contributed by atoms with Crippen LogP contribution in [0.5, 0.6) is 0 Å². The Labute approximate surface area is 126 Å². The third kappa shape index (κ3) is 4.19. The van der Waals surface area contributed by atoms with Crippen LogP contribution in [-0.4, -0.2) is 61.2 Å². The highest BCUT2D eigenvalue weighted by Crippen LogP contribution is 2.36. The quantitative estimate of drug-likeness (QED) is 0.774. The molecule has 2 heterocycles. The number of rotatable bonds is 7. The van der Waals surface area contributed by atoms with E-state index in [1.54, 1.807) is 0 Å². The molecule has 3 heteroatoms. The number of hydrogen-bond donors (Lipinski definition) is 1. The zero-order chi connectivity index (χ0) is 14.5. The second-order valence-electron chi connectivity index (χ2n) is 7.25. The number of nitrogens with one attached hydrogen (secondary N) is 1. The third-order valence-corrected chi connectivity index (χ3v) is 5.22. The first-order valence-electron chi connectivity index (χ1n) is 8.77. The second kappa shape index (κ2) is 7.77. The van der Waals surface area contributed by atoms with Gasteiger partial charge in [0, 0.05) is 24.2 Å². The van der Waals surface area contributed by atoms with Crippen molar-refractivity contribution in [2.75, 3.05) is 27.2 Å². The van der Waals surface area contributed by atoms with E-state index in [1.807, 2.05) is 0 Å². The lowest BCUT2D eigenvalue weighted by atomic mass is 9.80. The minimum absolute atomic E-state index is 0.750. The van der Waals surface area contributed by atoms with Gasteiger partial charge in [-0.1, -0.05) is 13.3 Å². The van der Waals surface area contributed by atoms with Crippen molar-refractivity contribution < 1.29 is 0 Å². The van der Waals surface area contributed by atoms with Gasteiger partial charge >= 0.3 is 0 Å². The molecule has 0 saturated carbocycles. The Morgan fingerprint density at radius 2 is 1.85 bits per heavy atom. The van der Waals surface area contributed by atoms with Crippen LogP contribution in [0.25, 0.3) is 0 Å². The van der Waals surface area contributed by atoms with Crippen LogP contribution >= 0.6 is 0 Å². The normalized spacial score (nSPS) is 32.5. The van der Waals surface area contributed by atoms with Gasteiger partial charge in [-0.25, -0.2) is 0 Å². The SMILES string of the molecule is CCCNC1CC2CCCC(C1)N2C(C)CCN(C)C. The molecule has 118 valence electrons. The average Bonchev–Trinajstić information content (AvgIpc) is 2.41. The van der Waals surface area contributed by atoms with Gasteiger partial charge < -0.3 is 10.2 Å². The van der Waals surface area contributed by atoms with E-state index in [4.69, 9.17) is 0 Å². The summed E-state index contributed by atoms with van der Waals surface area (Å²) >= 11 is 0. The molecule has 2 fully saturated rings. The molecule has 2 aliphatic rings. The Balaban J connectivity index is 1.90. The van der Waals surface area contributed by atoms with Gasteiger partial charge in [0.15, 0.2) is 0 Å². The molecular weight excluding hydrogens is 246 g/mol. The molecule has 3 nitrogen and oxygen atoms in total. The number of fused-ring (bicyclic) bond motifs is 2. The monoisotopic (exact) mass is 281 g/mol. The Kier molecular flexibility index (Phi) is 6.31. The van der Waals surface area contributed by atoms with Crippen molar-refractivity contribution >= 4 is 0 Å². The number of hydrogen-bond acceptors (Lipinski definition) is 3. The first-order valence-corrected chi connectivity index (χ1v) is 8.77. The fourth-order valence-corrected chi connectivity index (χ4v) is 4.25. The summed E-state index contributed by atoms with van der Waals surface area (Å²) in [4.78, 5) is 5.21. The Morgan fingerprint density at radius 3 is 2.40 bits per heavy atom. The lowest BCUT2D eigenvalue weighted by molar-refractivity contribution is -0.00922. The molecule has 0 aliphatic carbocycles. The van der Waals surface area contributed by atoms with E-state index in [0.29, 0.717) is 0 Å². The molecule has 0 amide bonds. The van der Waals surface area contributed by atoms with Crippen molar-refractivity contribution in [2.45, 2.75) is 83.0 Å². The van der Waals surface area contributed by atoms with Crippen LogP contribution in [0.1, 0.15) is 58.8 Å². The van der Waals surface area contributed by atoms with Crippen molar-refractivity contribution in [3.63, 3.8) is 0 Å². The zero-order valence-corrected chi connectivity index (χ0v) is 14.1. The van der Waals surface area contributed by atoms with Crippen molar-refractivity contribution in [3.8, 4) is 0 Å². The molecule has 0 aromatic heterocycles. The standard InChI is InChI=1S/C17H35N3/c1-5-10-18-15-12-16-7-6-8-17(13-15)20(16)14(2)9-11-19(3)4/h14-18H,5-13H2,1-4H3. The van der Waals surface area contributed by atoms with Gasteiger partial charge in [-0.05, 0) is 72.6 Å². The van der Waals surface area contributed by atoms with Gasteiger partial charge in [-0.3, -0.25) is 4.90 Å². The second-order valence-corrected chi connectivity index (χ2v) is 7.25. The molecule has 2 saturated heterocycles. The molecule has 0 radical (unpaired) electrons. The van der Waals surface area contributed by atoms with Crippen molar-refractivity contribution in [1.29, 1.82) is 0 Å². The molecular formula is C17H35N3. The largest absolute Gasteiger partial charge is 0.314 e. The summed E-state index contributed by atoms with van der Waals surface area (Å²) in [6.45, 7) is 7.13. The van der Waals surface area contributed by atoms with Crippen LogP contribution in [0.3, 0.4) is 0 Å². The van der Waals surface area contributed by atoms with Crippen molar-refractivity contribution in [2.24, 2.45) is 0 Å². The molecule has 0 aromatic rings. The fourth-order valence-electron chi connectivity index (χ4n) is 4.25. The molecule has 1 N–H and O–H groups in total. The predicted octanol–water partition coefficient (Wildman–Crippen LogP) is 2.71. The summed E-state index contributed by atoms with van der Waals surface area (Å²) in [6.07, 6.45) is 9.63.